The van der Waals surface area contributed by atoms with Crippen LogP contribution < -0.4 is 5.32 Å². The van der Waals surface area contributed by atoms with Crippen LogP contribution in [0.1, 0.15) is 38.5 Å². The van der Waals surface area contributed by atoms with Gasteiger partial charge in [-0.15, -0.1) is 0 Å². The molecule has 0 aliphatic heterocycles. The van der Waals surface area contributed by atoms with Crippen LogP contribution in [0.15, 0.2) is 0 Å². The van der Waals surface area contributed by atoms with E-state index in [1.807, 2.05) is 0 Å². The molecule has 0 bridgehead atoms. The first-order valence-corrected chi connectivity index (χ1v) is 5.30. The largest absolute Gasteiger partial charge is 0.481 e. The lowest BCUT2D eigenvalue weighted by atomic mass is 10.2. The second kappa shape index (κ2) is 10.5. The van der Waals surface area contributed by atoms with Crippen molar-refractivity contribution in [2.45, 2.75) is 38.5 Å². The number of nitrogens with one attached hydrogen (secondary N) is 1. The first kappa shape index (κ1) is 13.4. The Kier molecular flexibility index (Phi) is 10.0. The number of unbranched alkanes of at least 4 members (excludes halogenated alkanes) is 3. The van der Waals surface area contributed by atoms with Gasteiger partial charge in [0.2, 0.25) is 0 Å². The monoisotopic (exact) mass is 203 g/mol. The average Bonchev–Trinajstić information content (AvgIpc) is 2.15. The summed E-state index contributed by atoms with van der Waals surface area (Å²) in [6, 6.07) is 0. The lowest BCUT2D eigenvalue weighted by Crippen LogP contribution is -2.16. The van der Waals surface area contributed by atoms with Crippen molar-refractivity contribution in [1.29, 1.82) is 0 Å². The summed E-state index contributed by atoms with van der Waals surface area (Å²) in [6.45, 7) is 2.14. The molecule has 3 N–H and O–H groups in total. The Balaban J connectivity index is 2.88. The predicted molar refractivity (Wildman–Crippen MR) is 55.3 cm³/mol. The quantitative estimate of drug-likeness (QED) is 0.463. The Morgan fingerprint density at radius 3 is 2.21 bits per heavy atom. The van der Waals surface area contributed by atoms with Gasteiger partial charge in [0.15, 0.2) is 0 Å². The number of carboxylic acids is 1. The van der Waals surface area contributed by atoms with Crippen molar-refractivity contribution >= 4 is 5.97 Å². The van der Waals surface area contributed by atoms with Crippen molar-refractivity contribution in [2.75, 3.05) is 19.7 Å². The SMILES string of the molecule is O=C(O)CCCCNCCCCCO. The minimum Gasteiger partial charge on any atom is -0.481 e. The van der Waals surface area contributed by atoms with E-state index in [9.17, 15) is 4.79 Å². The van der Waals surface area contributed by atoms with Crippen LogP contribution in [-0.2, 0) is 4.79 Å². The van der Waals surface area contributed by atoms with E-state index in [2.05, 4.69) is 5.32 Å². The van der Waals surface area contributed by atoms with Gasteiger partial charge in [-0.05, 0) is 45.2 Å². The first-order valence-electron chi connectivity index (χ1n) is 5.30. The van der Waals surface area contributed by atoms with Crippen molar-refractivity contribution < 1.29 is 15.0 Å². The van der Waals surface area contributed by atoms with Crippen molar-refractivity contribution in [2.24, 2.45) is 0 Å². The molecule has 0 fully saturated rings. The minimum absolute atomic E-state index is 0.270. The number of carbonyl (C=O) groups is 1. The highest BCUT2D eigenvalue weighted by Gasteiger charge is 1.95. The summed E-state index contributed by atoms with van der Waals surface area (Å²) < 4.78 is 0. The van der Waals surface area contributed by atoms with Crippen molar-refractivity contribution in [3.05, 3.63) is 0 Å². The van der Waals surface area contributed by atoms with E-state index >= 15 is 0 Å². The van der Waals surface area contributed by atoms with Crippen LogP contribution in [0, 0.1) is 0 Å². The summed E-state index contributed by atoms with van der Waals surface area (Å²) >= 11 is 0. The van der Waals surface area contributed by atoms with Crippen LogP contribution in [0.3, 0.4) is 0 Å². The minimum atomic E-state index is -0.715. The summed E-state index contributed by atoms with van der Waals surface area (Å²) in [5, 5.41) is 20.1. The number of aliphatic hydroxyl groups excluding tert-OH is 1. The van der Waals surface area contributed by atoms with Gasteiger partial charge in [-0.3, -0.25) is 4.79 Å². The fraction of sp³-hybridized carbons (Fsp3) is 0.900. The third kappa shape index (κ3) is 11.4. The summed E-state index contributed by atoms with van der Waals surface area (Å²) in [5.41, 5.74) is 0. The Bertz CT molecular complexity index is 139. The molecule has 0 saturated carbocycles. The molecule has 4 nitrogen and oxygen atoms in total. The summed E-state index contributed by atoms with van der Waals surface area (Å²) in [6.07, 6.45) is 4.95. The fourth-order valence-corrected chi connectivity index (χ4v) is 1.19. The van der Waals surface area contributed by atoms with Gasteiger partial charge in [0.1, 0.15) is 0 Å². The van der Waals surface area contributed by atoms with E-state index in [1.54, 1.807) is 0 Å². The number of carboxylic acid groups (broad SMARTS) is 1. The molecule has 0 rings (SSSR count). The van der Waals surface area contributed by atoms with Gasteiger partial charge < -0.3 is 15.5 Å². The van der Waals surface area contributed by atoms with Crippen LogP contribution in [0.2, 0.25) is 0 Å². The Labute approximate surface area is 85.3 Å². The maximum atomic E-state index is 10.2. The Morgan fingerprint density at radius 2 is 1.64 bits per heavy atom. The molecule has 0 heterocycles. The summed E-state index contributed by atoms with van der Waals surface area (Å²) in [7, 11) is 0. The molecule has 0 atom stereocenters. The number of hydrogen-bond acceptors (Lipinski definition) is 3. The second-order valence-electron chi connectivity index (χ2n) is 3.39. The topological polar surface area (TPSA) is 69.6 Å². The molecule has 0 amide bonds. The van der Waals surface area contributed by atoms with Gasteiger partial charge in [-0.2, -0.15) is 0 Å². The molecule has 0 unspecified atom stereocenters. The molecule has 0 aromatic rings. The maximum Gasteiger partial charge on any atom is 0.303 e. The average molecular weight is 203 g/mol. The summed E-state index contributed by atoms with van der Waals surface area (Å²) in [4.78, 5) is 10.2. The number of rotatable bonds is 10. The smallest absolute Gasteiger partial charge is 0.303 e. The third-order valence-corrected chi connectivity index (χ3v) is 2.01. The zero-order valence-electron chi connectivity index (χ0n) is 8.67. The van der Waals surface area contributed by atoms with Crippen LogP contribution >= 0.6 is 0 Å². The van der Waals surface area contributed by atoms with E-state index in [0.717, 1.165) is 45.2 Å². The molecule has 0 aromatic carbocycles. The van der Waals surface area contributed by atoms with E-state index in [4.69, 9.17) is 10.2 Å². The molecule has 0 aliphatic rings. The fourth-order valence-electron chi connectivity index (χ4n) is 1.19. The van der Waals surface area contributed by atoms with Crippen molar-refractivity contribution in [3.8, 4) is 0 Å². The Morgan fingerprint density at radius 1 is 1.00 bits per heavy atom. The van der Waals surface area contributed by atoms with Crippen LogP contribution in [0.5, 0.6) is 0 Å². The zero-order chi connectivity index (χ0) is 10.6. The van der Waals surface area contributed by atoms with E-state index in [0.29, 0.717) is 0 Å². The van der Waals surface area contributed by atoms with E-state index < -0.39 is 5.97 Å². The molecule has 0 spiro atoms. The predicted octanol–water partition coefficient (Wildman–Crippen LogP) is 0.993. The van der Waals surface area contributed by atoms with Gasteiger partial charge >= 0.3 is 5.97 Å². The molecule has 0 saturated heterocycles. The molecule has 14 heavy (non-hydrogen) atoms. The van der Waals surface area contributed by atoms with Gasteiger partial charge in [-0.25, -0.2) is 0 Å². The van der Waals surface area contributed by atoms with Gasteiger partial charge in [-0.1, -0.05) is 0 Å². The highest BCUT2D eigenvalue weighted by molar-refractivity contribution is 5.66. The first-order chi connectivity index (χ1) is 6.77. The van der Waals surface area contributed by atoms with Gasteiger partial charge in [0, 0.05) is 13.0 Å². The second-order valence-corrected chi connectivity index (χ2v) is 3.39. The highest BCUT2D eigenvalue weighted by atomic mass is 16.4. The molecular formula is C10H21NO3. The van der Waals surface area contributed by atoms with Crippen LogP contribution in [0.4, 0.5) is 0 Å². The van der Waals surface area contributed by atoms with Gasteiger partial charge in [0.05, 0.1) is 0 Å². The number of aliphatic hydroxyl groups is 1. The van der Waals surface area contributed by atoms with Crippen LogP contribution in [-0.4, -0.2) is 35.9 Å². The van der Waals surface area contributed by atoms with Gasteiger partial charge in [0.25, 0.3) is 0 Å². The van der Waals surface area contributed by atoms with Crippen LogP contribution in [0.25, 0.3) is 0 Å². The van der Waals surface area contributed by atoms with Crippen molar-refractivity contribution in [1.82, 2.24) is 5.32 Å². The molecular weight excluding hydrogens is 182 g/mol. The molecule has 0 aliphatic carbocycles. The third-order valence-electron chi connectivity index (χ3n) is 2.01. The number of aliphatic carboxylic acids is 1. The van der Waals surface area contributed by atoms with Crippen molar-refractivity contribution in [3.63, 3.8) is 0 Å². The zero-order valence-corrected chi connectivity index (χ0v) is 8.67. The molecule has 4 heteroatoms. The van der Waals surface area contributed by atoms with E-state index in [1.165, 1.54) is 0 Å². The lowest BCUT2D eigenvalue weighted by Gasteiger charge is -2.03. The normalized spacial score (nSPS) is 10.4. The molecule has 0 radical (unpaired) electrons. The molecule has 0 aromatic heterocycles. The standard InChI is InChI=1S/C10H21NO3/c12-9-5-1-3-7-11-8-4-2-6-10(13)14/h11-12H,1-9H2,(H,13,14). The number of hydrogen-bond donors (Lipinski definition) is 3. The summed E-state index contributed by atoms with van der Waals surface area (Å²) in [5.74, 6) is -0.715. The lowest BCUT2D eigenvalue weighted by molar-refractivity contribution is -0.137. The van der Waals surface area contributed by atoms with E-state index in [-0.39, 0.29) is 13.0 Å². The molecule has 84 valence electrons. The highest BCUT2D eigenvalue weighted by Crippen LogP contribution is 1.95. The Hall–Kier alpha value is -0.610. The maximum absolute atomic E-state index is 10.2.